The van der Waals surface area contributed by atoms with Gasteiger partial charge < -0.3 is 10.0 Å². The Balaban J connectivity index is 3.66. The molecular weight excluding hydrogens is 140 g/mol. The Morgan fingerprint density at radius 1 is 1.78 bits per heavy atom. The highest BCUT2D eigenvalue weighted by Gasteiger charge is 2.18. The van der Waals surface area contributed by atoms with Crippen LogP contribution in [0, 0.1) is 0 Å². The zero-order valence-electron chi connectivity index (χ0n) is 4.69. The van der Waals surface area contributed by atoms with Crippen LogP contribution in [0.5, 0.6) is 0 Å². The molecule has 0 aliphatic rings. The molecule has 0 heterocycles. The molecule has 0 amide bonds. The Hall–Kier alpha value is -0.215. The standard InChI is InChI=1S/C3H7BNO3P/c1-2-3(4(6)7)5-9-8/h2-3,6-7H,1H2,(H,5,8). The van der Waals surface area contributed by atoms with Gasteiger partial charge in [-0.05, 0) is 0 Å². The van der Waals surface area contributed by atoms with Crippen LogP contribution in [-0.2, 0) is 4.57 Å². The molecule has 0 aromatic rings. The minimum atomic E-state index is -1.55. The largest absolute Gasteiger partial charge is 0.474 e. The maximum absolute atomic E-state index is 9.79. The molecule has 0 aliphatic carbocycles. The summed E-state index contributed by atoms with van der Waals surface area (Å²) >= 11 is 0. The predicted octanol–water partition coefficient (Wildman–Crippen LogP) is -0.651. The van der Waals surface area contributed by atoms with Gasteiger partial charge in [0.15, 0.2) is 0 Å². The van der Waals surface area contributed by atoms with Crippen LogP contribution in [-0.4, -0.2) is 23.1 Å². The topological polar surface area (TPSA) is 69.6 Å². The van der Waals surface area contributed by atoms with Gasteiger partial charge in [-0.2, -0.15) is 0 Å². The lowest BCUT2D eigenvalue weighted by Crippen LogP contribution is -2.37. The summed E-state index contributed by atoms with van der Waals surface area (Å²) in [6, 6.07) is 0. The molecule has 4 nitrogen and oxygen atoms in total. The van der Waals surface area contributed by atoms with Crippen molar-refractivity contribution in [1.82, 2.24) is 5.09 Å². The van der Waals surface area contributed by atoms with Gasteiger partial charge in [0.25, 0.3) is 0 Å². The van der Waals surface area contributed by atoms with Crippen LogP contribution in [0.4, 0.5) is 0 Å². The van der Waals surface area contributed by atoms with Crippen molar-refractivity contribution in [1.29, 1.82) is 0 Å². The molecule has 0 bridgehead atoms. The fraction of sp³-hybridized carbons (Fsp3) is 0.333. The maximum atomic E-state index is 9.79. The van der Waals surface area contributed by atoms with Gasteiger partial charge in [-0.1, -0.05) is 6.08 Å². The quantitative estimate of drug-likeness (QED) is 0.280. The maximum Gasteiger partial charge on any atom is 0.474 e. The molecule has 50 valence electrons. The fourth-order valence-electron chi connectivity index (χ4n) is 0.302. The first-order valence-electron chi connectivity index (χ1n) is 2.29. The molecule has 0 aromatic carbocycles. The van der Waals surface area contributed by atoms with Crippen molar-refractivity contribution in [2.75, 3.05) is 0 Å². The van der Waals surface area contributed by atoms with Crippen LogP contribution in [0.15, 0.2) is 12.7 Å². The second-order valence-electron chi connectivity index (χ2n) is 1.40. The lowest BCUT2D eigenvalue weighted by Gasteiger charge is -2.05. The molecule has 6 heteroatoms. The van der Waals surface area contributed by atoms with Crippen LogP contribution >= 0.6 is 8.61 Å². The summed E-state index contributed by atoms with van der Waals surface area (Å²) in [6.45, 7) is 3.28. The van der Waals surface area contributed by atoms with Crippen molar-refractivity contribution in [2.45, 2.75) is 5.94 Å². The summed E-state index contributed by atoms with van der Waals surface area (Å²) in [5.74, 6) is -0.732. The summed E-state index contributed by atoms with van der Waals surface area (Å²) in [4.78, 5) is 0. The average Bonchev–Trinajstić information content (AvgIpc) is 1.82. The molecule has 0 saturated carbocycles. The zero-order chi connectivity index (χ0) is 7.28. The highest BCUT2D eigenvalue weighted by Crippen LogP contribution is 1.92. The second kappa shape index (κ2) is 4.64. The van der Waals surface area contributed by atoms with Gasteiger partial charge in [0, 0.05) is 0 Å². The van der Waals surface area contributed by atoms with Crippen molar-refractivity contribution in [3.63, 3.8) is 0 Å². The first kappa shape index (κ1) is 8.78. The van der Waals surface area contributed by atoms with Crippen molar-refractivity contribution in [3.8, 4) is 0 Å². The molecule has 0 spiro atoms. The lowest BCUT2D eigenvalue weighted by atomic mass is 9.81. The van der Waals surface area contributed by atoms with Gasteiger partial charge in [-0.3, -0.25) is 4.57 Å². The SMILES string of the molecule is C=CC(NP=O)B(O)O. The van der Waals surface area contributed by atoms with Crippen LogP contribution in [0.3, 0.4) is 0 Å². The van der Waals surface area contributed by atoms with E-state index in [0.717, 1.165) is 0 Å². The predicted molar refractivity (Wildman–Crippen MR) is 34.9 cm³/mol. The van der Waals surface area contributed by atoms with E-state index in [4.69, 9.17) is 10.0 Å². The molecule has 0 rings (SSSR count). The van der Waals surface area contributed by atoms with Crippen LogP contribution < -0.4 is 5.09 Å². The van der Waals surface area contributed by atoms with E-state index >= 15 is 0 Å². The second-order valence-corrected chi connectivity index (χ2v) is 1.84. The third-order valence-corrected chi connectivity index (χ3v) is 1.18. The van der Waals surface area contributed by atoms with Crippen LogP contribution in [0.25, 0.3) is 0 Å². The number of rotatable bonds is 4. The van der Waals surface area contributed by atoms with Gasteiger partial charge >= 0.3 is 7.12 Å². The molecule has 1 atom stereocenters. The van der Waals surface area contributed by atoms with Gasteiger partial charge in [0.1, 0.15) is 0 Å². The third-order valence-electron chi connectivity index (χ3n) is 0.777. The summed E-state index contributed by atoms with van der Waals surface area (Å²) in [5.41, 5.74) is 0. The number of hydrogen-bond donors (Lipinski definition) is 3. The molecule has 0 aromatic heterocycles. The van der Waals surface area contributed by atoms with E-state index in [1.54, 1.807) is 0 Å². The van der Waals surface area contributed by atoms with E-state index in [-0.39, 0.29) is 8.61 Å². The van der Waals surface area contributed by atoms with Crippen molar-refractivity contribution in [2.24, 2.45) is 0 Å². The molecule has 1 unspecified atom stereocenters. The van der Waals surface area contributed by atoms with Gasteiger partial charge in [0.2, 0.25) is 8.61 Å². The van der Waals surface area contributed by atoms with Gasteiger partial charge in [0.05, 0.1) is 5.94 Å². The van der Waals surface area contributed by atoms with Crippen LogP contribution in [0.1, 0.15) is 0 Å². The Morgan fingerprint density at radius 2 is 2.33 bits per heavy atom. The average molecular weight is 147 g/mol. The summed E-state index contributed by atoms with van der Waals surface area (Å²) in [6.07, 6.45) is 1.26. The van der Waals surface area contributed by atoms with Crippen molar-refractivity contribution in [3.05, 3.63) is 12.7 Å². The Morgan fingerprint density at radius 3 is 2.44 bits per heavy atom. The molecule has 0 saturated heterocycles. The number of hydrogen-bond acceptors (Lipinski definition) is 3. The van der Waals surface area contributed by atoms with E-state index in [1.165, 1.54) is 6.08 Å². The Kier molecular flexibility index (Phi) is 4.53. The summed E-state index contributed by atoms with van der Waals surface area (Å²) < 4.78 is 9.79. The molecule has 3 N–H and O–H groups in total. The van der Waals surface area contributed by atoms with E-state index in [1.807, 2.05) is 0 Å². The van der Waals surface area contributed by atoms with Crippen molar-refractivity contribution < 1.29 is 14.6 Å². The van der Waals surface area contributed by atoms with E-state index in [0.29, 0.717) is 0 Å². The zero-order valence-corrected chi connectivity index (χ0v) is 5.58. The highest BCUT2D eigenvalue weighted by atomic mass is 31.1. The van der Waals surface area contributed by atoms with E-state index < -0.39 is 13.1 Å². The Bertz CT molecular complexity index is 109. The summed E-state index contributed by atoms with van der Waals surface area (Å²) in [5, 5.41) is 19.1. The summed E-state index contributed by atoms with van der Waals surface area (Å²) in [7, 11) is -1.89. The van der Waals surface area contributed by atoms with Crippen LogP contribution in [0.2, 0.25) is 0 Å². The van der Waals surface area contributed by atoms with E-state index in [9.17, 15) is 4.57 Å². The first-order chi connectivity index (χ1) is 4.22. The first-order valence-corrected chi connectivity index (χ1v) is 3.10. The van der Waals surface area contributed by atoms with Gasteiger partial charge in [-0.15, -0.1) is 6.58 Å². The minimum Gasteiger partial charge on any atom is -0.426 e. The highest BCUT2D eigenvalue weighted by molar-refractivity contribution is 7.21. The third kappa shape index (κ3) is 3.38. The number of nitrogens with one attached hydrogen (secondary N) is 1. The smallest absolute Gasteiger partial charge is 0.426 e. The minimum absolute atomic E-state index is 0.341. The molecule has 0 aliphatic heterocycles. The lowest BCUT2D eigenvalue weighted by molar-refractivity contribution is 0.393. The molecule has 0 fully saturated rings. The Labute approximate surface area is 55.0 Å². The normalized spacial score (nSPS) is 13.1. The fourth-order valence-corrected chi connectivity index (χ4v) is 0.662. The van der Waals surface area contributed by atoms with Crippen molar-refractivity contribution >= 4 is 15.7 Å². The molecular formula is C3H7BNO3P. The molecule has 9 heavy (non-hydrogen) atoms. The van der Waals surface area contributed by atoms with E-state index in [2.05, 4.69) is 11.7 Å². The molecule has 0 radical (unpaired) electrons. The monoisotopic (exact) mass is 147 g/mol. The van der Waals surface area contributed by atoms with Gasteiger partial charge in [-0.25, -0.2) is 5.09 Å².